The second-order valence-electron chi connectivity index (χ2n) is 5.74. The summed E-state index contributed by atoms with van der Waals surface area (Å²) in [5.41, 5.74) is -3.19. The average molecular weight is 244 g/mol. The SMILES string of the molecule is CCC1CCC(=O)C(F)(C(=O)OC(C)(C)C)C1. The zero-order chi connectivity index (χ0) is 13.3. The van der Waals surface area contributed by atoms with E-state index in [1.807, 2.05) is 6.92 Å². The van der Waals surface area contributed by atoms with E-state index in [1.54, 1.807) is 20.8 Å². The lowest BCUT2D eigenvalue weighted by Gasteiger charge is -2.33. The Hall–Kier alpha value is -0.930. The van der Waals surface area contributed by atoms with Crippen LogP contribution in [0.5, 0.6) is 0 Å². The number of esters is 1. The largest absolute Gasteiger partial charge is 0.457 e. The smallest absolute Gasteiger partial charge is 0.352 e. The molecule has 0 aromatic rings. The molecule has 2 atom stereocenters. The van der Waals surface area contributed by atoms with Crippen molar-refractivity contribution in [3.8, 4) is 0 Å². The summed E-state index contributed by atoms with van der Waals surface area (Å²) in [7, 11) is 0. The molecule has 0 aromatic heterocycles. The molecule has 1 aliphatic rings. The fraction of sp³-hybridized carbons (Fsp3) is 0.846. The van der Waals surface area contributed by atoms with E-state index in [2.05, 4.69) is 0 Å². The van der Waals surface area contributed by atoms with Crippen molar-refractivity contribution in [2.75, 3.05) is 0 Å². The lowest BCUT2D eigenvalue weighted by atomic mass is 9.77. The lowest BCUT2D eigenvalue weighted by Crippen LogP contribution is -2.49. The van der Waals surface area contributed by atoms with Crippen molar-refractivity contribution < 1.29 is 18.7 Å². The van der Waals surface area contributed by atoms with Crippen LogP contribution in [0.1, 0.15) is 53.4 Å². The molecule has 4 heteroatoms. The molecule has 0 heterocycles. The Balaban J connectivity index is 2.83. The number of alkyl halides is 1. The van der Waals surface area contributed by atoms with E-state index in [0.717, 1.165) is 6.42 Å². The van der Waals surface area contributed by atoms with Crippen molar-refractivity contribution in [3.63, 3.8) is 0 Å². The highest BCUT2D eigenvalue weighted by molar-refractivity contribution is 6.07. The van der Waals surface area contributed by atoms with Gasteiger partial charge in [-0.15, -0.1) is 0 Å². The first kappa shape index (κ1) is 14.1. The number of ether oxygens (including phenoxy) is 1. The average Bonchev–Trinajstić information content (AvgIpc) is 2.19. The van der Waals surface area contributed by atoms with Crippen LogP contribution in [0.2, 0.25) is 0 Å². The molecule has 0 aromatic carbocycles. The summed E-state index contributed by atoms with van der Waals surface area (Å²) in [5.74, 6) is -1.56. The van der Waals surface area contributed by atoms with Crippen molar-refractivity contribution >= 4 is 11.8 Å². The van der Waals surface area contributed by atoms with Gasteiger partial charge >= 0.3 is 5.97 Å². The van der Waals surface area contributed by atoms with E-state index in [4.69, 9.17) is 4.74 Å². The standard InChI is InChI=1S/C13H21FO3/c1-5-9-6-7-10(15)13(14,8-9)11(16)17-12(2,3)4/h9H,5-8H2,1-4H3. The van der Waals surface area contributed by atoms with Gasteiger partial charge in [0.25, 0.3) is 5.67 Å². The summed E-state index contributed by atoms with van der Waals surface area (Å²) in [6.45, 7) is 6.94. The quantitative estimate of drug-likeness (QED) is 0.554. The molecular formula is C13H21FO3. The molecule has 0 N–H and O–H groups in total. The number of carbonyl (C=O) groups excluding carboxylic acids is 2. The maximum absolute atomic E-state index is 14.5. The number of ketones is 1. The van der Waals surface area contributed by atoms with Crippen LogP contribution in [0.4, 0.5) is 4.39 Å². The minimum atomic E-state index is -2.42. The van der Waals surface area contributed by atoms with E-state index in [-0.39, 0.29) is 18.8 Å². The van der Waals surface area contributed by atoms with Crippen molar-refractivity contribution in [2.24, 2.45) is 5.92 Å². The van der Waals surface area contributed by atoms with Gasteiger partial charge < -0.3 is 4.74 Å². The molecular weight excluding hydrogens is 223 g/mol. The monoisotopic (exact) mass is 244 g/mol. The van der Waals surface area contributed by atoms with Gasteiger partial charge in [0.2, 0.25) is 0 Å². The van der Waals surface area contributed by atoms with Crippen LogP contribution in [0, 0.1) is 5.92 Å². The number of Topliss-reactive ketones (excluding diaryl/α,β-unsaturated/α-hetero) is 1. The molecule has 0 aliphatic heterocycles. The Morgan fingerprint density at radius 3 is 2.59 bits per heavy atom. The van der Waals surface area contributed by atoms with Gasteiger partial charge in [-0.1, -0.05) is 13.3 Å². The maximum Gasteiger partial charge on any atom is 0.352 e. The fourth-order valence-corrected chi connectivity index (χ4v) is 2.05. The van der Waals surface area contributed by atoms with E-state index >= 15 is 0 Å². The molecule has 0 radical (unpaired) electrons. The normalized spacial score (nSPS) is 30.2. The summed E-state index contributed by atoms with van der Waals surface area (Å²) >= 11 is 0. The number of carbonyl (C=O) groups is 2. The van der Waals surface area contributed by atoms with Gasteiger partial charge in [0.15, 0.2) is 5.78 Å². The van der Waals surface area contributed by atoms with Gasteiger partial charge in [0, 0.05) is 12.8 Å². The van der Waals surface area contributed by atoms with Crippen LogP contribution >= 0.6 is 0 Å². The van der Waals surface area contributed by atoms with Crippen LogP contribution in [0.3, 0.4) is 0 Å². The third-order valence-corrected chi connectivity index (χ3v) is 3.09. The molecule has 0 spiro atoms. The predicted molar refractivity (Wildman–Crippen MR) is 62.3 cm³/mol. The van der Waals surface area contributed by atoms with Crippen LogP contribution in [-0.2, 0) is 14.3 Å². The zero-order valence-corrected chi connectivity index (χ0v) is 11.0. The highest BCUT2D eigenvalue weighted by Crippen LogP contribution is 2.36. The van der Waals surface area contributed by atoms with Gasteiger partial charge in [-0.3, -0.25) is 4.79 Å². The van der Waals surface area contributed by atoms with Crippen molar-refractivity contribution in [1.82, 2.24) is 0 Å². The molecule has 2 unspecified atom stereocenters. The predicted octanol–water partition coefficient (Wildman–Crippen LogP) is 2.82. The molecule has 98 valence electrons. The molecule has 0 saturated heterocycles. The third-order valence-electron chi connectivity index (χ3n) is 3.09. The first-order valence-corrected chi connectivity index (χ1v) is 6.14. The van der Waals surface area contributed by atoms with Crippen LogP contribution in [0.15, 0.2) is 0 Å². The Morgan fingerprint density at radius 1 is 1.53 bits per heavy atom. The van der Waals surface area contributed by atoms with Crippen LogP contribution in [0.25, 0.3) is 0 Å². The molecule has 3 nitrogen and oxygen atoms in total. The number of halogens is 1. The van der Waals surface area contributed by atoms with E-state index in [1.165, 1.54) is 0 Å². The molecule has 17 heavy (non-hydrogen) atoms. The summed E-state index contributed by atoms with van der Waals surface area (Å²) in [4.78, 5) is 23.4. The minimum absolute atomic E-state index is 0.0305. The van der Waals surface area contributed by atoms with Crippen LogP contribution in [-0.4, -0.2) is 23.0 Å². The zero-order valence-electron chi connectivity index (χ0n) is 11.0. The Labute approximate surface area is 102 Å². The highest BCUT2D eigenvalue weighted by atomic mass is 19.1. The van der Waals surface area contributed by atoms with Crippen molar-refractivity contribution in [3.05, 3.63) is 0 Å². The second kappa shape index (κ2) is 4.75. The maximum atomic E-state index is 14.5. The van der Waals surface area contributed by atoms with E-state index in [9.17, 15) is 14.0 Å². The Kier molecular flexibility index (Phi) is 3.95. The number of rotatable bonds is 2. The van der Waals surface area contributed by atoms with Gasteiger partial charge in [-0.05, 0) is 33.1 Å². The van der Waals surface area contributed by atoms with E-state index in [0.29, 0.717) is 6.42 Å². The van der Waals surface area contributed by atoms with Gasteiger partial charge in [0.1, 0.15) is 5.60 Å². The van der Waals surface area contributed by atoms with Crippen molar-refractivity contribution in [2.45, 2.75) is 64.6 Å². The lowest BCUT2D eigenvalue weighted by molar-refractivity contribution is -0.175. The molecule has 0 amide bonds. The molecule has 1 saturated carbocycles. The molecule has 1 fully saturated rings. The highest BCUT2D eigenvalue weighted by Gasteiger charge is 2.52. The topological polar surface area (TPSA) is 43.4 Å². The Morgan fingerprint density at radius 2 is 2.12 bits per heavy atom. The number of hydrogen-bond acceptors (Lipinski definition) is 3. The van der Waals surface area contributed by atoms with Gasteiger partial charge in [0.05, 0.1) is 0 Å². The van der Waals surface area contributed by atoms with E-state index < -0.39 is 23.0 Å². The summed E-state index contributed by atoms with van der Waals surface area (Å²) in [6, 6.07) is 0. The summed E-state index contributed by atoms with van der Waals surface area (Å²) in [5, 5.41) is 0. The van der Waals surface area contributed by atoms with Gasteiger partial charge in [-0.25, -0.2) is 9.18 Å². The minimum Gasteiger partial charge on any atom is -0.457 e. The summed E-state index contributed by atoms with van der Waals surface area (Å²) < 4.78 is 19.5. The van der Waals surface area contributed by atoms with Crippen LogP contribution < -0.4 is 0 Å². The number of hydrogen-bond donors (Lipinski definition) is 0. The molecule has 0 bridgehead atoms. The second-order valence-corrected chi connectivity index (χ2v) is 5.74. The molecule has 1 rings (SSSR count). The van der Waals surface area contributed by atoms with Crippen molar-refractivity contribution in [1.29, 1.82) is 0 Å². The fourth-order valence-electron chi connectivity index (χ4n) is 2.05. The van der Waals surface area contributed by atoms with Gasteiger partial charge in [-0.2, -0.15) is 0 Å². The molecule has 1 aliphatic carbocycles. The first-order valence-electron chi connectivity index (χ1n) is 6.14. The first-order chi connectivity index (χ1) is 7.69. The third kappa shape index (κ3) is 3.27. The Bertz CT molecular complexity index is 319. The summed E-state index contributed by atoms with van der Waals surface area (Å²) in [6.07, 6.45) is 1.55.